The molecule has 0 saturated heterocycles. The number of nitrogen functional groups attached to an aromatic ring is 1. The second kappa shape index (κ2) is 4.76. The van der Waals surface area contributed by atoms with Crippen LogP contribution < -0.4 is 10.5 Å². The van der Waals surface area contributed by atoms with E-state index in [2.05, 4.69) is 0 Å². The summed E-state index contributed by atoms with van der Waals surface area (Å²) in [5.41, 5.74) is 7.23. The maximum Gasteiger partial charge on any atom is 0.148 e. The van der Waals surface area contributed by atoms with Crippen LogP contribution in [0.3, 0.4) is 0 Å². The van der Waals surface area contributed by atoms with E-state index in [4.69, 9.17) is 15.7 Å². The number of benzene rings is 2. The second-order valence-corrected chi connectivity index (χ2v) is 3.76. The largest absolute Gasteiger partial charge is 0.497 e. The van der Waals surface area contributed by atoms with E-state index in [1.54, 1.807) is 37.4 Å². The highest BCUT2D eigenvalue weighted by Crippen LogP contribution is 2.30. The molecule has 0 atom stereocenters. The summed E-state index contributed by atoms with van der Waals surface area (Å²) in [6, 6.07) is 11.7. The van der Waals surface area contributed by atoms with E-state index in [0.717, 1.165) is 11.6 Å². The molecule has 0 aliphatic rings. The normalized spacial score (nSPS) is 9.83. The lowest BCUT2D eigenvalue weighted by Crippen LogP contribution is -1.96. The van der Waals surface area contributed by atoms with Crippen LogP contribution >= 0.6 is 0 Å². The van der Waals surface area contributed by atoms with E-state index < -0.39 is 5.82 Å². The van der Waals surface area contributed by atoms with Crippen molar-refractivity contribution in [3.05, 3.63) is 47.8 Å². The maximum absolute atomic E-state index is 13.6. The number of nitriles is 1. The summed E-state index contributed by atoms with van der Waals surface area (Å²) in [5, 5.41) is 8.83. The molecule has 0 heterocycles. The molecule has 2 aromatic carbocycles. The Balaban J connectivity index is 2.55. The summed E-state index contributed by atoms with van der Waals surface area (Å²) in [6.45, 7) is 0. The first kappa shape index (κ1) is 11.9. The number of anilines is 1. The zero-order valence-corrected chi connectivity index (χ0v) is 9.77. The van der Waals surface area contributed by atoms with Gasteiger partial charge in [-0.15, -0.1) is 0 Å². The highest BCUT2D eigenvalue weighted by molar-refractivity contribution is 5.78. The van der Waals surface area contributed by atoms with Crippen LogP contribution in [0, 0.1) is 17.1 Å². The Labute approximate surface area is 104 Å². The van der Waals surface area contributed by atoms with E-state index in [1.165, 1.54) is 0 Å². The molecule has 2 rings (SSSR count). The first-order chi connectivity index (χ1) is 8.65. The summed E-state index contributed by atoms with van der Waals surface area (Å²) >= 11 is 0. The van der Waals surface area contributed by atoms with Crippen molar-refractivity contribution in [3.8, 4) is 22.9 Å². The second-order valence-electron chi connectivity index (χ2n) is 3.76. The Bertz CT molecular complexity index is 615. The smallest absolute Gasteiger partial charge is 0.148 e. The van der Waals surface area contributed by atoms with Gasteiger partial charge in [-0.1, -0.05) is 12.1 Å². The topological polar surface area (TPSA) is 59.0 Å². The first-order valence-electron chi connectivity index (χ1n) is 5.29. The van der Waals surface area contributed by atoms with E-state index in [0.29, 0.717) is 11.3 Å². The standard InChI is InChI=1S/C14H11FN2O/c1-18-11-4-2-10(3-5-11)12-6-9(8-16)7-13(15)14(12)17/h2-7H,17H2,1H3. The molecule has 0 radical (unpaired) electrons. The fourth-order valence-corrected chi connectivity index (χ4v) is 1.69. The average molecular weight is 242 g/mol. The average Bonchev–Trinajstić information content (AvgIpc) is 2.42. The molecule has 2 aromatic rings. The number of nitrogens with two attached hydrogens (primary N) is 1. The molecule has 0 spiro atoms. The van der Waals surface area contributed by atoms with Gasteiger partial charge in [0.05, 0.1) is 24.4 Å². The monoisotopic (exact) mass is 242 g/mol. The van der Waals surface area contributed by atoms with Crippen molar-refractivity contribution in [3.63, 3.8) is 0 Å². The van der Waals surface area contributed by atoms with Crippen molar-refractivity contribution in [2.24, 2.45) is 0 Å². The van der Waals surface area contributed by atoms with Crippen molar-refractivity contribution in [2.75, 3.05) is 12.8 Å². The number of methoxy groups -OCH3 is 1. The molecule has 0 amide bonds. The first-order valence-corrected chi connectivity index (χ1v) is 5.29. The van der Waals surface area contributed by atoms with Crippen molar-refractivity contribution >= 4 is 5.69 Å². The van der Waals surface area contributed by atoms with Gasteiger partial charge in [-0.3, -0.25) is 0 Å². The Morgan fingerprint density at radius 3 is 2.44 bits per heavy atom. The molecular formula is C14H11FN2O. The summed E-state index contributed by atoms with van der Waals surface area (Å²) in [7, 11) is 1.57. The van der Waals surface area contributed by atoms with Gasteiger partial charge in [0.15, 0.2) is 0 Å². The van der Waals surface area contributed by atoms with Crippen molar-refractivity contribution in [1.82, 2.24) is 0 Å². The Kier molecular flexibility index (Phi) is 3.16. The lowest BCUT2D eigenvalue weighted by Gasteiger charge is -2.08. The van der Waals surface area contributed by atoms with Crippen molar-refractivity contribution in [1.29, 1.82) is 5.26 Å². The molecule has 0 fully saturated rings. The van der Waals surface area contributed by atoms with Gasteiger partial charge in [0, 0.05) is 5.56 Å². The Hall–Kier alpha value is -2.54. The molecular weight excluding hydrogens is 231 g/mol. The van der Waals surface area contributed by atoms with Gasteiger partial charge in [0.25, 0.3) is 0 Å². The molecule has 90 valence electrons. The minimum atomic E-state index is -0.583. The predicted octanol–water partition coefficient (Wildman–Crippen LogP) is 2.96. The fourth-order valence-electron chi connectivity index (χ4n) is 1.69. The molecule has 0 saturated carbocycles. The minimum Gasteiger partial charge on any atom is -0.497 e. The molecule has 18 heavy (non-hydrogen) atoms. The van der Waals surface area contributed by atoms with Crippen LogP contribution in [0.1, 0.15) is 5.56 Å². The maximum atomic E-state index is 13.6. The van der Waals surface area contributed by atoms with Gasteiger partial charge in [-0.25, -0.2) is 4.39 Å². The van der Waals surface area contributed by atoms with Crippen molar-refractivity contribution < 1.29 is 9.13 Å². The summed E-state index contributed by atoms with van der Waals surface area (Å²) in [4.78, 5) is 0. The summed E-state index contributed by atoms with van der Waals surface area (Å²) < 4.78 is 18.6. The number of hydrogen-bond acceptors (Lipinski definition) is 3. The fraction of sp³-hybridized carbons (Fsp3) is 0.0714. The quantitative estimate of drug-likeness (QED) is 0.823. The van der Waals surface area contributed by atoms with Gasteiger partial charge in [-0.2, -0.15) is 5.26 Å². The molecule has 0 unspecified atom stereocenters. The Morgan fingerprint density at radius 1 is 1.22 bits per heavy atom. The van der Waals surface area contributed by atoms with Gasteiger partial charge in [0.2, 0.25) is 0 Å². The van der Waals surface area contributed by atoms with E-state index in [-0.39, 0.29) is 11.3 Å². The van der Waals surface area contributed by atoms with Crippen LogP contribution in [0.5, 0.6) is 5.75 Å². The van der Waals surface area contributed by atoms with Crippen LogP contribution in [-0.4, -0.2) is 7.11 Å². The summed E-state index contributed by atoms with van der Waals surface area (Å²) in [5.74, 6) is 0.120. The van der Waals surface area contributed by atoms with Gasteiger partial charge in [-0.05, 0) is 29.8 Å². The number of rotatable bonds is 2. The van der Waals surface area contributed by atoms with Crippen LogP contribution in [0.4, 0.5) is 10.1 Å². The van der Waals surface area contributed by atoms with E-state index >= 15 is 0 Å². The number of ether oxygens (including phenoxy) is 1. The van der Waals surface area contributed by atoms with Crippen LogP contribution in [0.2, 0.25) is 0 Å². The van der Waals surface area contributed by atoms with E-state index in [9.17, 15) is 4.39 Å². The zero-order chi connectivity index (χ0) is 13.1. The molecule has 3 nitrogen and oxygen atoms in total. The highest BCUT2D eigenvalue weighted by Gasteiger charge is 2.10. The van der Waals surface area contributed by atoms with Crippen LogP contribution in [0.15, 0.2) is 36.4 Å². The number of nitrogens with zero attached hydrogens (tertiary/aromatic N) is 1. The number of hydrogen-bond donors (Lipinski definition) is 1. The van der Waals surface area contributed by atoms with Gasteiger partial charge < -0.3 is 10.5 Å². The lowest BCUT2D eigenvalue weighted by atomic mass is 10.0. The third-order valence-electron chi connectivity index (χ3n) is 2.66. The van der Waals surface area contributed by atoms with Gasteiger partial charge in [0.1, 0.15) is 11.6 Å². The molecule has 0 aromatic heterocycles. The lowest BCUT2D eigenvalue weighted by molar-refractivity contribution is 0.415. The predicted molar refractivity (Wildman–Crippen MR) is 67.5 cm³/mol. The molecule has 0 bridgehead atoms. The Morgan fingerprint density at radius 2 is 1.89 bits per heavy atom. The zero-order valence-electron chi connectivity index (χ0n) is 9.77. The molecule has 0 aliphatic heterocycles. The number of halogens is 1. The van der Waals surface area contributed by atoms with E-state index in [1.807, 2.05) is 6.07 Å². The van der Waals surface area contributed by atoms with Gasteiger partial charge >= 0.3 is 0 Å². The molecule has 4 heteroatoms. The third kappa shape index (κ3) is 2.11. The van der Waals surface area contributed by atoms with Crippen LogP contribution in [-0.2, 0) is 0 Å². The third-order valence-corrected chi connectivity index (χ3v) is 2.66. The van der Waals surface area contributed by atoms with Crippen LogP contribution in [0.25, 0.3) is 11.1 Å². The summed E-state index contributed by atoms with van der Waals surface area (Å²) in [6.07, 6.45) is 0. The van der Waals surface area contributed by atoms with Crippen molar-refractivity contribution in [2.45, 2.75) is 0 Å². The molecule has 2 N–H and O–H groups in total. The SMILES string of the molecule is COc1ccc(-c2cc(C#N)cc(F)c2N)cc1. The minimum absolute atomic E-state index is 0.0409. The molecule has 0 aliphatic carbocycles. The highest BCUT2D eigenvalue weighted by atomic mass is 19.1.